The van der Waals surface area contributed by atoms with E-state index in [0.29, 0.717) is 11.8 Å². The highest BCUT2D eigenvalue weighted by atomic mass is 16.3. The van der Waals surface area contributed by atoms with Crippen LogP contribution in [-0.4, -0.2) is 48.0 Å². The molecular formula is C9H19NO2. The van der Waals surface area contributed by atoms with Gasteiger partial charge in [0.15, 0.2) is 0 Å². The number of aliphatic hydroxyl groups is 2. The lowest BCUT2D eigenvalue weighted by Crippen LogP contribution is -2.42. The number of β-amino-alcohol motifs (C(OH)–C–C–N with tert-alkyl or cyclic N) is 1. The lowest BCUT2D eigenvalue weighted by Gasteiger charge is -2.35. The molecule has 0 radical (unpaired) electrons. The van der Waals surface area contributed by atoms with Crippen molar-refractivity contribution in [3.63, 3.8) is 0 Å². The van der Waals surface area contributed by atoms with E-state index in [0.717, 1.165) is 26.1 Å². The molecule has 0 aromatic rings. The second-order valence-electron chi connectivity index (χ2n) is 3.87. The predicted molar refractivity (Wildman–Crippen MR) is 47.9 cm³/mol. The van der Waals surface area contributed by atoms with Crippen LogP contribution in [0.4, 0.5) is 0 Å². The van der Waals surface area contributed by atoms with Gasteiger partial charge in [0.05, 0.1) is 6.61 Å². The summed E-state index contributed by atoms with van der Waals surface area (Å²) in [6.07, 6.45) is 1.12. The third-order valence-corrected chi connectivity index (χ3v) is 2.50. The van der Waals surface area contributed by atoms with Crippen molar-refractivity contribution in [2.45, 2.75) is 13.3 Å². The van der Waals surface area contributed by atoms with Crippen molar-refractivity contribution >= 4 is 0 Å². The minimum Gasteiger partial charge on any atom is -0.396 e. The van der Waals surface area contributed by atoms with Crippen LogP contribution in [0.5, 0.6) is 0 Å². The first kappa shape index (κ1) is 9.96. The molecule has 3 heteroatoms. The zero-order valence-electron chi connectivity index (χ0n) is 7.74. The van der Waals surface area contributed by atoms with E-state index in [-0.39, 0.29) is 13.2 Å². The Kier molecular flexibility index (Phi) is 3.98. The Bertz CT molecular complexity index is 130. The van der Waals surface area contributed by atoms with Gasteiger partial charge in [-0.3, -0.25) is 0 Å². The molecule has 2 atom stereocenters. The highest BCUT2D eigenvalue weighted by Gasteiger charge is 2.23. The van der Waals surface area contributed by atoms with Crippen LogP contribution in [-0.2, 0) is 0 Å². The summed E-state index contributed by atoms with van der Waals surface area (Å²) in [4.78, 5) is 2.23. The van der Waals surface area contributed by atoms with E-state index in [2.05, 4.69) is 11.8 Å². The molecule has 1 rings (SSSR count). The molecule has 2 N–H and O–H groups in total. The molecule has 0 spiro atoms. The van der Waals surface area contributed by atoms with Gasteiger partial charge in [0, 0.05) is 26.2 Å². The van der Waals surface area contributed by atoms with Gasteiger partial charge in [0.1, 0.15) is 0 Å². The van der Waals surface area contributed by atoms with E-state index in [4.69, 9.17) is 10.2 Å². The molecule has 0 aliphatic carbocycles. The van der Waals surface area contributed by atoms with Crippen molar-refractivity contribution in [1.29, 1.82) is 0 Å². The third-order valence-electron chi connectivity index (χ3n) is 2.50. The van der Waals surface area contributed by atoms with Crippen molar-refractivity contribution in [3.8, 4) is 0 Å². The standard InChI is InChI=1S/C9H19NO2/c1-8-4-9(7-12)6-10(5-8)2-3-11/h8-9,11-12H,2-7H2,1H3. The van der Waals surface area contributed by atoms with Crippen LogP contribution in [0.2, 0.25) is 0 Å². The van der Waals surface area contributed by atoms with Crippen molar-refractivity contribution in [2.24, 2.45) is 11.8 Å². The Morgan fingerprint density at radius 1 is 1.33 bits per heavy atom. The fourth-order valence-corrected chi connectivity index (χ4v) is 2.05. The lowest BCUT2D eigenvalue weighted by molar-refractivity contribution is 0.0770. The van der Waals surface area contributed by atoms with Gasteiger partial charge in [0.2, 0.25) is 0 Å². The maximum absolute atomic E-state index is 9.01. The Morgan fingerprint density at radius 3 is 2.67 bits per heavy atom. The quantitative estimate of drug-likeness (QED) is 0.628. The van der Waals surface area contributed by atoms with Gasteiger partial charge in [0.25, 0.3) is 0 Å². The van der Waals surface area contributed by atoms with Gasteiger partial charge < -0.3 is 15.1 Å². The number of hydrogen-bond donors (Lipinski definition) is 2. The molecule has 0 aromatic heterocycles. The van der Waals surface area contributed by atoms with Gasteiger partial charge in [-0.1, -0.05) is 6.92 Å². The van der Waals surface area contributed by atoms with Crippen molar-refractivity contribution in [3.05, 3.63) is 0 Å². The van der Waals surface area contributed by atoms with Crippen molar-refractivity contribution in [2.75, 3.05) is 32.8 Å². The Balaban J connectivity index is 2.34. The second kappa shape index (κ2) is 4.80. The van der Waals surface area contributed by atoms with E-state index in [1.54, 1.807) is 0 Å². The average molecular weight is 173 g/mol. The lowest BCUT2D eigenvalue weighted by atomic mass is 9.91. The summed E-state index contributed by atoms with van der Waals surface area (Å²) in [5, 5.41) is 17.8. The highest BCUT2D eigenvalue weighted by molar-refractivity contribution is 4.76. The van der Waals surface area contributed by atoms with Gasteiger partial charge in [-0.25, -0.2) is 0 Å². The SMILES string of the molecule is CC1CC(CO)CN(CCO)C1. The molecule has 1 fully saturated rings. The Morgan fingerprint density at radius 2 is 2.08 bits per heavy atom. The summed E-state index contributed by atoms with van der Waals surface area (Å²) in [5.41, 5.74) is 0. The van der Waals surface area contributed by atoms with Crippen molar-refractivity contribution in [1.82, 2.24) is 4.90 Å². The summed E-state index contributed by atoms with van der Waals surface area (Å²) in [6.45, 7) is 5.47. The van der Waals surface area contributed by atoms with Crippen LogP contribution < -0.4 is 0 Å². The molecule has 72 valence electrons. The molecule has 2 unspecified atom stereocenters. The maximum atomic E-state index is 9.01. The summed E-state index contributed by atoms with van der Waals surface area (Å²) >= 11 is 0. The molecule has 0 amide bonds. The molecule has 1 heterocycles. The number of hydrogen-bond acceptors (Lipinski definition) is 3. The van der Waals surface area contributed by atoms with E-state index >= 15 is 0 Å². The summed E-state index contributed by atoms with van der Waals surface area (Å²) < 4.78 is 0. The monoisotopic (exact) mass is 173 g/mol. The van der Waals surface area contributed by atoms with Crippen LogP contribution in [0, 0.1) is 11.8 Å². The van der Waals surface area contributed by atoms with Crippen LogP contribution in [0.15, 0.2) is 0 Å². The van der Waals surface area contributed by atoms with Crippen LogP contribution >= 0.6 is 0 Å². The minimum absolute atomic E-state index is 0.227. The zero-order chi connectivity index (χ0) is 8.97. The first-order valence-corrected chi connectivity index (χ1v) is 4.70. The van der Waals surface area contributed by atoms with Crippen molar-refractivity contribution < 1.29 is 10.2 Å². The summed E-state index contributed by atoms with van der Waals surface area (Å²) in [7, 11) is 0. The molecular weight excluding hydrogens is 154 g/mol. The molecule has 12 heavy (non-hydrogen) atoms. The molecule has 1 aliphatic heterocycles. The van der Waals surface area contributed by atoms with Crippen LogP contribution in [0.1, 0.15) is 13.3 Å². The number of likely N-dealkylation sites (tertiary alicyclic amines) is 1. The van der Waals surface area contributed by atoms with Gasteiger partial charge >= 0.3 is 0 Å². The normalized spacial score (nSPS) is 32.2. The van der Waals surface area contributed by atoms with E-state index in [1.807, 2.05) is 0 Å². The predicted octanol–water partition coefficient (Wildman–Crippen LogP) is -0.0710. The van der Waals surface area contributed by atoms with Gasteiger partial charge in [-0.2, -0.15) is 0 Å². The van der Waals surface area contributed by atoms with Crippen LogP contribution in [0.25, 0.3) is 0 Å². The zero-order valence-corrected chi connectivity index (χ0v) is 7.74. The molecule has 0 bridgehead atoms. The largest absolute Gasteiger partial charge is 0.396 e. The maximum Gasteiger partial charge on any atom is 0.0558 e. The van der Waals surface area contributed by atoms with E-state index in [9.17, 15) is 0 Å². The molecule has 0 aromatic carbocycles. The minimum atomic E-state index is 0.227. The Labute approximate surface area is 74.0 Å². The first-order valence-electron chi connectivity index (χ1n) is 4.70. The fourth-order valence-electron chi connectivity index (χ4n) is 2.05. The second-order valence-corrected chi connectivity index (χ2v) is 3.87. The highest BCUT2D eigenvalue weighted by Crippen LogP contribution is 2.20. The third kappa shape index (κ3) is 2.73. The first-order chi connectivity index (χ1) is 5.76. The number of aliphatic hydroxyl groups excluding tert-OH is 2. The topological polar surface area (TPSA) is 43.7 Å². The summed E-state index contributed by atoms with van der Waals surface area (Å²) in [5.74, 6) is 1.07. The fraction of sp³-hybridized carbons (Fsp3) is 1.00. The molecule has 1 saturated heterocycles. The molecule has 3 nitrogen and oxygen atoms in total. The molecule has 0 saturated carbocycles. The van der Waals surface area contributed by atoms with Gasteiger partial charge in [-0.05, 0) is 18.3 Å². The van der Waals surface area contributed by atoms with Crippen LogP contribution in [0.3, 0.4) is 0 Å². The van der Waals surface area contributed by atoms with E-state index < -0.39 is 0 Å². The Hall–Kier alpha value is -0.120. The number of piperidine rings is 1. The average Bonchev–Trinajstić information content (AvgIpc) is 2.04. The number of nitrogens with zero attached hydrogens (tertiary/aromatic N) is 1. The molecule has 1 aliphatic rings. The van der Waals surface area contributed by atoms with E-state index in [1.165, 1.54) is 0 Å². The number of rotatable bonds is 3. The smallest absolute Gasteiger partial charge is 0.0558 e. The summed E-state index contributed by atoms with van der Waals surface area (Å²) in [6, 6.07) is 0. The van der Waals surface area contributed by atoms with Gasteiger partial charge in [-0.15, -0.1) is 0 Å².